The molecule has 0 atom stereocenters. The predicted octanol–water partition coefficient (Wildman–Crippen LogP) is 4.31. The maximum absolute atomic E-state index is 2.67. The average Bonchev–Trinajstić information content (AvgIpc) is 3.59. The summed E-state index contributed by atoms with van der Waals surface area (Å²) in [7, 11) is 0. The minimum Gasteiger partial charge on any atom is -1.00 e. The van der Waals surface area contributed by atoms with E-state index in [0.717, 1.165) is 11.8 Å². The van der Waals surface area contributed by atoms with Gasteiger partial charge >= 0.3 is 226 Å². The maximum atomic E-state index is 2.67. The topological polar surface area (TPSA) is 0 Å². The zero-order valence-corrected chi connectivity index (χ0v) is 26.4. The normalized spacial score (nSPS) is 19.0. The second-order valence-corrected chi connectivity index (χ2v) is 16.1. The van der Waals surface area contributed by atoms with Gasteiger partial charge in [0, 0.05) is 0 Å². The van der Waals surface area contributed by atoms with E-state index in [1.807, 2.05) is 3.81 Å². The Morgan fingerprint density at radius 2 is 1.21 bits per heavy atom. The SMILES string of the molecule is CC[C](CC)=[Ti+2]([C]1=CC=CC1)[CH]1c2ccc(C3CCCCC3)cc2-c2cc(C3CCCCC3)ccc21.[Cl-].[Cl-]. The van der Waals surface area contributed by atoms with Gasteiger partial charge in [-0.3, -0.25) is 0 Å². The van der Waals surface area contributed by atoms with Gasteiger partial charge in [-0.1, -0.05) is 0 Å². The molecule has 202 valence electrons. The van der Waals surface area contributed by atoms with Crippen molar-refractivity contribution < 1.29 is 42.2 Å². The monoisotopic (exact) mass is 582 g/mol. The van der Waals surface area contributed by atoms with Crippen LogP contribution in [0.4, 0.5) is 0 Å². The van der Waals surface area contributed by atoms with Crippen molar-refractivity contribution in [3.8, 4) is 11.1 Å². The summed E-state index contributed by atoms with van der Waals surface area (Å²) in [5.41, 5.74) is 9.82. The largest absolute Gasteiger partial charge is 1.00 e. The van der Waals surface area contributed by atoms with Gasteiger partial charge < -0.3 is 24.8 Å². The molecule has 0 nitrogen and oxygen atoms in total. The maximum Gasteiger partial charge on any atom is -1.00 e. The molecule has 0 spiro atoms. The van der Waals surface area contributed by atoms with Crippen molar-refractivity contribution in [2.24, 2.45) is 0 Å². The standard InChI is InChI=1S/C25H29.C5H5.C5H10.2ClH.Ti/c1-3-7-18(8-4-1)20-11-13-22-15-23-14-12-21(17-25(23)24(22)16-20)19-9-5-2-6-10-19;1-2-4-5-3-1;1-3-5-4-2;;;/h11-19H,1-10H2;1-3H,4H2;3-4H2,1-2H3;2*1H;/q;;;;;+2/p-2. The van der Waals surface area contributed by atoms with E-state index in [1.165, 1.54) is 83.5 Å². The number of benzene rings is 2. The molecule has 0 bridgehead atoms. The van der Waals surface area contributed by atoms with Gasteiger partial charge in [-0.2, -0.15) is 0 Å². The van der Waals surface area contributed by atoms with Gasteiger partial charge in [-0.15, -0.1) is 0 Å². The summed E-state index contributed by atoms with van der Waals surface area (Å²) in [6, 6.07) is 15.6. The summed E-state index contributed by atoms with van der Waals surface area (Å²) < 4.78 is 4.32. The van der Waals surface area contributed by atoms with Gasteiger partial charge in [-0.05, 0) is 0 Å². The van der Waals surface area contributed by atoms with Crippen LogP contribution in [-0.4, -0.2) is 3.81 Å². The fraction of sp³-hybridized carbons (Fsp3) is 0.514. The fourth-order valence-electron chi connectivity index (χ4n) is 7.87. The van der Waals surface area contributed by atoms with Gasteiger partial charge in [0.1, 0.15) is 0 Å². The number of hydrogen-bond donors (Lipinski definition) is 0. The van der Waals surface area contributed by atoms with Crippen LogP contribution < -0.4 is 24.8 Å². The van der Waals surface area contributed by atoms with Crippen LogP contribution in [0.3, 0.4) is 0 Å². The molecule has 4 aliphatic carbocycles. The third-order valence-electron chi connectivity index (χ3n) is 9.86. The second kappa shape index (κ2) is 13.6. The van der Waals surface area contributed by atoms with E-state index in [4.69, 9.17) is 0 Å². The van der Waals surface area contributed by atoms with Crippen molar-refractivity contribution in [3.05, 3.63) is 80.8 Å². The van der Waals surface area contributed by atoms with Gasteiger partial charge in [-0.25, -0.2) is 0 Å². The number of halogens is 2. The molecular weight excluding hydrogens is 539 g/mol. The molecule has 2 saturated carbocycles. The van der Waals surface area contributed by atoms with Gasteiger partial charge in [0.15, 0.2) is 0 Å². The molecule has 0 aromatic heterocycles. The molecule has 2 aromatic carbocycles. The van der Waals surface area contributed by atoms with E-state index < -0.39 is 17.4 Å². The van der Waals surface area contributed by atoms with E-state index in [2.05, 4.69) is 68.5 Å². The van der Waals surface area contributed by atoms with Crippen LogP contribution in [0.2, 0.25) is 0 Å². The van der Waals surface area contributed by atoms with Crippen molar-refractivity contribution in [3.63, 3.8) is 0 Å². The Morgan fingerprint density at radius 3 is 1.63 bits per heavy atom. The summed E-state index contributed by atoms with van der Waals surface area (Å²) in [5, 5.41) is 0. The first-order chi connectivity index (χ1) is 17.8. The molecule has 0 radical (unpaired) electrons. The summed E-state index contributed by atoms with van der Waals surface area (Å²) in [6.07, 6.45) is 25.0. The minimum absolute atomic E-state index is 0. The molecular formula is C35H44Cl2Ti. The predicted molar refractivity (Wildman–Crippen MR) is 153 cm³/mol. The van der Waals surface area contributed by atoms with Crippen molar-refractivity contribution in [2.45, 2.75) is 113 Å². The Hall–Kier alpha value is -0.916. The molecule has 2 aromatic rings. The summed E-state index contributed by atoms with van der Waals surface area (Å²) >= 11 is -1.68. The zero-order valence-electron chi connectivity index (χ0n) is 23.4. The van der Waals surface area contributed by atoms with E-state index in [0.29, 0.717) is 4.22 Å². The molecule has 0 unspecified atom stereocenters. The van der Waals surface area contributed by atoms with Crippen LogP contribution in [0, 0.1) is 0 Å². The first kappa shape index (κ1) is 30.1. The van der Waals surface area contributed by atoms with E-state index in [-0.39, 0.29) is 24.8 Å². The fourth-order valence-corrected chi connectivity index (χ4v) is 13.7. The molecule has 3 heteroatoms. The molecule has 0 N–H and O–H groups in total. The first-order valence-electron chi connectivity index (χ1n) is 15.1. The molecule has 38 heavy (non-hydrogen) atoms. The Balaban J connectivity index is 0.00000168. The Kier molecular flexibility index (Phi) is 10.8. The van der Waals surface area contributed by atoms with Crippen molar-refractivity contribution in [1.82, 2.24) is 0 Å². The van der Waals surface area contributed by atoms with E-state index in [1.54, 1.807) is 37.3 Å². The summed E-state index contributed by atoms with van der Waals surface area (Å²) in [4.78, 5) is 0. The number of allylic oxidation sites excluding steroid dienone is 4. The van der Waals surface area contributed by atoms with Crippen LogP contribution in [0.1, 0.15) is 136 Å². The molecule has 6 rings (SSSR count). The quantitative estimate of drug-likeness (QED) is 0.445. The Labute approximate surface area is 249 Å². The van der Waals surface area contributed by atoms with Crippen LogP contribution in [0.15, 0.2) is 58.5 Å². The molecule has 0 amide bonds. The van der Waals surface area contributed by atoms with Crippen LogP contribution in [0.5, 0.6) is 0 Å². The molecule has 0 saturated heterocycles. The van der Waals surface area contributed by atoms with Gasteiger partial charge in [0.25, 0.3) is 0 Å². The molecule has 4 aliphatic rings. The third-order valence-corrected chi connectivity index (χ3v) is 15.7. The van der Waals surface area contributed by atoms with Gasteiger partial charge in [0.05, 0.1) is 0 Å². The van der Waals surface area contributed by atoms with Gasteiger partial charge in [0.2, 0.25) is 0 Å². The molecule has 2 fully saturated rings. The number of fused-ring (bicyclic) bond motifs is 3. The first-order valence-corrected chi connectivity index (χ1v) is 17.6. The van der Waals surface area contributed by atoms with Crippen LogP contribution in [-0.2, 0) is 17.4 Å². The summed E-state index contributed by atoms with van der Waals surface area (Å²) in [6.45, 7) is 4.84. The Bertz CT molecular complexity index is 1130. The third kappa shape index (κ3) is 5.76. The van der Waals surface area contributed by atoms with Crippen molar-refractivity contribution >= 4 is 3.81 Å². The smallest absolute Gasteiger partial charge is 1.00 e. The van der Waals surface area contributed by atoms with Crippen LogP contribution in [0.25, 0.3) is 11.1 Å². The average molecular weight is 584 g/mol. The summed E-state index contributed by atoms with van der Waals surface area (Å²) in [5.74, 6) is 1.55. The minimum atomic E-state index is -1.68. The van der Waals surface area contributed by atoms with E-state index in [9.17, 15) is 0 Å². The van der Waals surface area contributed by atoms with Crippen molar-refractivity contribution in [1.29, 1.82) is 0 Å². The Morgan fingerprint density at radius 1 is 0.711 bits per heavy atom. The molecule has 0 heterocycles. The van der Waals surface area contributed by atoms with Crippen LogP contribution >= 0.6 is 0 Å². The van der Waals surface area contributed by atoms with E-state index >= 15 is 0 Å². The molecule has 0 aliphatic heterocycles. The zero-order chi connectivity index (χ0) is 24.5. The second-order valence-electron chi connectivity index (χ2n) is 11.8. The number of hydrogen-bond acceptors (Lipinski definition) is 0. The number of rotatable bonds is 6. The van der Waals surface area contributed by atoms with Crippen molar-refractivity contribution in [2.75, 3.05) is 0 Å².